The van der Waals surface area contributed by atoms with Crippen molar-refractivity contribution in [1.29, 1.82) is 0 Å². The van der Waals surface area contributed by atoms with E-state index in [-0.39, 0.29) is 41.3 Å². The first-order valence-corrected chi connectivity index (χ1v) is 15.5. The molecule has 6 heteroatoms. The second-order valence-electron chi connectivity index (χ2n) is 11.1. The van der Waals surface area contributed by atoms with E-state index >= 15 is 0 Å². The number of piperidine rings is 1. The molecule has 0 amide bonds. The molecule has 0 spiro atoms. The van der Waals surface area contributed by atoms with E-state index in [9.17, 15) is 0 Å². The van der Waals surface area contributed by atoms with E-state index in [0.29, 0.717) is 39.6 Å². The molecule has 5 rings (SSSR count). The minimum atomic E-state index is -0.288. The summed E-state index contributed by atoms with van der Waals surface area (Å²) in [5, 5.41) is 0. The number of unbranched alkanes of at least 4 members (excludes halogenated alkanes) is 1. The van der Waals surface area contributed by atoms with E-state index in [1.54, 1.807) is 0 Å². The van der Waals surface area contributed by atoms with Crippen LogP contribution in [0.1, 0.15) is 42.0 Å². The van der Waals surface area contributed by atoms with Crippen LogP contribution in [0.15, 0.2) is 121 Å². The van der Waals surface area contributed by atoms with Crippen molar-refractivity contribution in [2.45, 2.75) is 70.5 Å². The largest absolute Gasteiger partial charge is 1.00 e. The summed E-state index contributed by atoms with van der Waals surface area (Å²) in [5.41, 5.74) is 4.56. The van der Waals surface area contributed by atoms with Crippen molar-refractivity contribution in [3.8, 4) is 0 Å². The van der Waals surface area contributed by atoms with Gasteiger partial charge in [0.15, 0.2) is 12.6 Å². The summed E-state index contributed by atoms with van der Waals surface area (Å²) < 4.78 is 29.1. The van der Waals surface area contributed by atoms with Gasteiger partial charge in [-0.25, -0.2) is 4.58 Å². The van der Waals surface area contributed by atoms with Crippen molar-refractivity contribution < 1.29 is 40.5 Å². The highest BCUT2D eigenvalue weighted by atomic mass is 79.9. The summed E-state index contributed by atoms with van der Waals surface area (Å²) >= 11 is 0. The average molecular weight is 659 g/mol. The second kappa shape index (κ2) is 18.6. The molecule has 4 aromatic rings. The number of halogens is 1. The Morgan fingerprint density at radius 3 is 1.50 bits per heavy atom. The molecular formula is C38H44BrNO4. The number of ether oxygens (including phenoxy) is 4. The minimum absolute atomic E-state index is 0. The van der Waals surface area contributed by atoms with Gasteiger partial charge in [0.05, 0.1) is 26.4 Å². The molecule has 1 aliphatic rings. The first-order chi connectivity index (χ1) is 21.3. The summed E-state index contributed by atoms with van der Waals surface area (Å²) in [6, 6.07) is 41.3. The van der Waals surface area contributed by atoms with Gasteiger partial charge in [-0.1, -0.05) is 128 Å². The first kappa shape index (κ1) is 33.8. The van der Waals surface area contributed by atoms with Crippen LogP contribution in [0, 0.1) is 0 Å². The Balaban J connectivity index is 0.00000442. The zero-order valence-corrected chi connectivity index (χ0v) is 27.1. The number of hydrogen-bond acceptors (Lipinski definition) is 4. The lowest BCUT2D eigenvalue weighted by Crippen LogP contribution is -3.00. The summed E-state index contributed by atoms with van der Waals surface area (Å²) in [6.07, 6.45) is 3.59. The van der Waals surface area contributed by atoms with Gasteiger partial charge in [0, 0.05) is 6.42 Å². The molecule has 1 saturated heterocycles. The molecule has 4 atom stereocenters. The molecule has 4 unspecified atom stereocenters. The van der Waals surface area contributed by atoms with Gasteiger partial charge in [-0.05, 0) is 28.7 Å². The minimum Gasteiger partial charge on any atom is -1.00 e. The maximum Gasteiger partial charge on any atom is 0.204 e. The lowest BCUT2D eigenvalue weighted by Gasteiger charge is -2.40. The number of rotatable bonds is 15. The number of hydrogen-bond donors (Lipinski definition) is 0. The van der Waals surface area contributed by atoms with Crippen LogP contribution in [0.25, 0.3) is 0 Å². The molecule has 0 saturated carbocycles. The van der Waals surface area contributed by atoms with Crippen molar-refractivity contribution in [1.82, 2.24) is 0 Å². The Morgan fingerprint density at radius 2 is 1.02 bits per heavy atom. The fourth-order valence-corrected chi connectivity index (χ4v) is 5.50. The van der Waals surface area contributed by atoms with Crippen LogP contribution in [-0.2, 0) is 45.4 Å². The molecule has 0 radical (unpaired) electrons. The fourth-order valence-electron chi connectivity index (χ4n) is 5.50. The van der Waals surface area contributed by atoms with Gasteiger partial charge in [-0.2, -0.15) is 0 Å². The highest BCUT2D eigenvalue weighted by Crippen LogP contribution is 2.27. The van der Waals surface area contributed by atoms with Crippen LogP contribution in [0.2, 0.25) is 0 Å². The molecule has 232 valence electrons. The monoisotopic (exact) mass is 657 g/mol. The van der Waals surface area contributed by atoms with Gasteiger partial charge in [-0.15, -0.1) is 0 Å². The van der Waals surface area contributed by atoms with Crippen LogP contribution in [-0.4, -0.2) is 48.3 Å². The summed E-state index contributed by atoms with van der Waals surface area (Å²) in [5.74, 6) is 0. The van der Waals surface area contributed by atoms with Crippen LogP contribution in [0.4, 0.5) is 0 Å². The average Bonchev–Trinajstić information content (AvgIpc) is 3.07. The van der Waals surface area contributed by atoms with Crippen molar-refractivity contribution in [3.05, 3.63) is 144 Å². The SMILES string of the molecule is CCCC=[N+]1CC(OCc2ccccc2)C(OCc2ccccc2)C(OCc2ccccc2)C1COCc1ccccc1.[Br-]. The molecule has 0 bridgehead atoms. The Hall–Kier alpha value is -3.13. The third-order valence-corrected chi connectivity index (χ3v) is 7.82. The Labute approximate surface area is 273 Å². The van der Waals surface area contributed by atoms with Crippen LogP contribution >= 0.6 is 0 Å². The van der Waals surface area contributed by atoms with E-state index in [1.165, 1.54) is 0 Å². The van der Waals surface area contributed by atoms with Crippen LogP contribution in [0.3, 0.4) is 0 Å². The first-order valence-electron chi connectivity index (χ1n) is 15.5. The molecular weight excluding hydrogens is 614 g/mol. The van der Waals surface area contributed by atoms with Gasteiger partial charge >= 0.3 is 0 Å². The van der Waals surface area contributed by atoms with E-state index in [2.05, 4.69) is 103 Å². The molecule has 0 N–H and O–H groups in total. The Bertz CT molecular complexity index is 1360. The normalized spacial score (nSPS) is 20.7. The van der Waals surface area contributed by atoms with Gasteiger partial charge in [0.1, 0.15) is 25.0 Å². The lowest BCUT2D eigenvalue weighted by molar-refractivity contribution is -0.606. The molecule has 44 heavy (non-hydrogen) atoms. The number of benzene rings is 4. The quantitative estimate of drug-likeness (QED) is 0.180. The molecule has 4 aromatic carbocycles. The molecule has 1 aliphatic heterocycles. The highest BCUT2D eigenvalue weighted by molar-refractivity contribution is 5.51. The lowest BCUT2D eigenvalue weighted by atomic mass is 9.94. The third kappa shape index (κ3) is 10.2. The molecule has 0 aromatic heterocycles. The van der Waals surface area contributed by atoms with E-state index in [4.69, 9.17) is 18.9 Å². The summed E-state index contributed by atoms with van der Waals surface area (Å²) in [6.45, 7) is 5.46. The second-order valence-corrected chi connectivity index (χ2v) is 11.1. The van der Waals surface area contributed by atoms with Gasteiger partial charge in [0.2, 0.25) is 6.04 Å². The van der Waals surface area contributed by atoms with Gasteiger partial charge < -0.3 is 35.9 Å². The maximum atomic E-state index is 6.83. The van der Waals surface area contributed by atoms with Crippen molar-refractivity contribution in [3.63, 3.8) is 0 Å². The van der Waals surface area contributed by atoms with Crippen molar-refractivity contribution >= 4 is 6.21 Å². The zero-order valence-electron chi connectivity index (χ0n) is 25.5. The van der Waals surface area contributed by atoms with Crippen LogP contribution in [0.5, 0.6) is 0 Å². The fraction of sp³-hybridized carbons (Fsp3) is 0.342. The standard InChI is InChI=1S/C38H44NO4.BrH/c1-2-3-24-39-25-36(41-27-32-18-10-5-11-19-32)38(43-29-34-22-14-7-15-23-34)37(42-28-33-20-12-6-13-21-33)35(39)30-40-26-31-16-8-4-9-17-31;/h4-24,35-38H,2-3,25-30H2,1H3;1H/q+1;/p-1. The van der Waals surface area contributed by atoms with Gasteiger partial charge in [0.25, 0.3) is 0 Å². The molecule has 0 aliphatic carbocycles. The molecule has 1 heterocycles. The Kier molecular flexibility index (Phi) is 14.3. The molecule has 1 fully saturated rings. The Morgan fingerprint density at radius 1 is 0.591 bits per heavy atom. The zero-order chi connectivity index (χ0) is 29.5. The van der Waals surface area contributed by atoms with Crippen LogP contribution < -0.4 is 17.0 Å². The predicted molar refractivity (Wildman–Crippen MR) is 171 cm³/mol. The summed E-state index contributed by atoms with van der Waals surface area (Å²) in [4.78, 5) is 0. The highest BCUT2D eigenvalue weighted by Gasteiger charge is 2.49. The maximum absolute atomic E-state index is 6.83. The smallest absolute Gasteiger partial charge is 0.204 e. The number of nitrogens with zero attached hydrogens (tertiary/aromatic N) is 1. The van der Waals surface area contributed by atoms with E-state index < -0.39 is 0 Å². The van der Waals surface area contributed by atoms with Crippen molar-refractivity contribution in [2.75, 3.05) is 13.2 Å². The topological polar surface area (TPSA) is 39.9 Å². The van der Waals surface area contributed by atoms with E-state index in [1.807, 2.05) is 36.4 Å². The molecule has 5 nitrogen and oxygen atoms in total. The third-order valence-electron chi connectivity index (χ3n) is 7.82. The van der Waals surface area contributed by atoms with E-state index in [0.717, 1.165) is 35.1 Å². The van der Waals surface area contributed by atoms with Crippen molar-refractivity contribution in [2.24, 2.45) is 0 Å². The predicted octanol–water partition coefficient (Wildman–Crippen LogP) is 4.23. The summed E-state index contributed by atoms with van der Waals surface area (Å²) in [7, 11) is 0. The van der Waals surface area contributed by atoms with Gasteiger partial charge in [-0.3, -0.25) is 0 Å².